The maximum atomic E-state index is 12.4. The summed E-state index contributed by atoms with van der Waals surface area (Å²) in [6, 6.07) is 6.18. The molecule has 0 aliphatic heterocycles. The van der Waals surface area contributed by atoms with Gasteiger partial charge in [0.1, 0.15) is 11.3 Å². The van der Waals surface area contributed by atoms with Crippen LogP contribution in [0, 0.1) is 0 Å². The van der Waals surface area contributed by atoms with Crippen molar-refractivity contribution >= 4 is 53.3 Å². The first-order valence-corrected chi connectivity index (χ1v) is 10.9. The number of amides is 2. The number of methoxy groups -OCH3 is 3. The molecule has 1 aromatic carbocycles. The molecule has 0 unspecified atom stereocenters. The van der Waals surface area contributed by atoms with E-state index in [1.54, 1.807) is 37.4 Å². The number of hydrogen-bond acceptors (Lipinski definition) is 11. The minimum atomic E-state index is -0.552. The van der Waals surface area contributed by atoms with Crippen molar-refractivity contribution in [3.8, 4) is 17.2 Å². The molecule has 0 saturated heterocycles. The fourth-order valence-corrected chi connectivity index (χ4v) is 3.18. The fourth-order valence-electron chi connectivity index (χ4n) is 3.03. The van der Waals surface area contributed by atoms with Crippen molar-refractivity contribution in [2.75, 3.05) is 45.1 Å². The van der Waals surface area contributed by atoms with Crippen molar-refractivity contribution in [3.63, 3.8) is 0 Å². The first-order valence-electron chi connectivity index (χ1n) is 10.5. The van der Waals surface area contributed by atoms with E-state index in [0.717, 1.165) is 4.31 Å². The van der Waals surface area contributed by atoms with Crippen LogP contribution in [-0.2, 0) is 9.53 Å². The molecule has 0 atom stereocenters. The van der Waals surface area contributed by atoms with Crippen molar-refractivity contribution < 1.29 is 28.5 Å². The summed E-state index contributed by atoms with van der Waals surface area (Å²) in [5, 5.41) is 5.75. The number of esters is 1. The van der Waals surface area contributed by atoms with E-state index in [1.807, 2.05) is 0 Å². The van der Waals surface area contributed by atoms with Gasteiger partial charge < -0.3 is 24.3 Å². The minimum absolute atomic E-state index is 0.0251. The summed E-state index contributed by atoms with van der Waals surface area (Å²) in [7, 11) is 4.58. The van der Waals surface area contributed by atoms with Crippen molar-refractivity contribution in [2.24, 2.45) is 0 Å². The van der Waals surface area contributed by atoms with E-state index in [2.05, 4.69) is 38.4 Å². The zero-order valence-corrected chi connectivity index (χ0v) is 20.6. The Hall–Kier alpha value is -4.00. The van der Waals surface area contributed by atoms with Crippen LogP contribution in [0.2, 0.25) is 0 Å². The lowest BCUT2D eigenvalue weighted by Crippen LogP contribution is -2.29. The number of hydrogen-bond donors (Lipinski definition) is 3. The van der Waals surface area contributed by atoms with Crippen molar-refractivity contribution in [1.82, 2.24) is 19.3 Å². The third-order valence-corrected chi connectivity index (χ3v) is 5.03. The summed E-state index contributed by atoms with van der Waals surface area (Å²) in [6.45, 7) is 2.06. The van der Waals surface area contributed by atoms with Gasteiger partial charge in [-0.05, 0) is 19.1 Å². The molecule has 186 valence electrons. The highest BCUT2D eigenvalue weighted by Crippen LogP contribution is 2.40. The van der Waals surface area contributed by atoms with Crippen LogP contribution in [0.1, 0.15) is 13.3 Å². The van der Waals surface area contributed by atoms with E-state index in [1.165, 1.54) is 21.3 Å². The summed E-state index contributed by atoms with van der Waals surface area (Å²) in [4.78, 5) is 37.0. The largest absolute Gasteiger partial charge is 0.493 e. The average Bonchev–Trinajstić information content (AvgIpc) is 2.86. The molecule has 0 aliphatic carbocycles. The molecule has 2 aromatic heterocycles. The van der Waals surface area contributed by atoms with Crippen LogP contribution < -0.4 is 24.8 Å². The number of fused-ring (bicyclic) bond motifs is 1. The Kier molecular flexibility index (Phi) is 8.73. The molecule has 0 saturated carbocycles. The molecule has 13 heteroatoms. The Morgan fingerprint density at radius 2 is 1.71 bits per heavy atom. The quantitative estimate of drug-likeness (QED) is 0.279. The van der Waals surface area contributed by atoms with Gasteiger partial charge in [-0.15, -0.1) is 0 Å². The molecule has 2 N–H and O–H groups in total. The number of aromatic nitrogens is 3. The SMILES string of the molecule is CCOC(=O)CCN(S)C(=O)Nc1ccc2ncc(Nc3cc(OC)c(OC)c(OC)c3)nc2n1. The monoisotopic (exact) mass is 502 g/mol. The van der Waals surface area contributed by atoms with Gasteiger partial charge in [-0.25, -0.2) is 19.7 Å². The first-order chi connectivity index (χ1) is 16.9. The lowest BCUT2D eigenvalue weighted by Gasteiger charge is -2.16. The maximum absolute atomic E-state index is 12.4. The van der Waals surface area contributed by atoms with E-state index >= 15 is 0 Å². The van der Waals surface area contributed by atoms with Gasteiger partial charge in [-0.3, -0.25) is 14.4 Å². The highest BCUT2D eigenvalue weighted by molar-refractivity contribution is 7.78. The van der Waals surface area contributed by atoms with Gasteiger partial charge in [-0.2, -0.15) is 0 Å². The van der Waals surface area contributed by atoms with Gasteiger partial charge >= 0.3 is 12.0 Å². The van der Waals surface area contributed by atoms with Gasteiger partial charge in [0, 0.05) is 24.4 Å². The second-order valence-electron chi connectivity index (χ2n) is 6.94. The van der Waals surface area contributed by atoms with Crippen molar-refractivity contribution in [1.29, 1.82) is 0 Å². The maximum Gasteiger partial charge on any atom is 0.332 e. The number of thiol groups is 1. The number of carbonyl (C=O) groups is 2. The second kappa shape index (κ2) is 11.9. The van der Waals surface area contributed by atoms with Gasteiger partial charge in [0.05, 0.1) is 40.6 Å². The number of benzene rings is 1. The molecule has 3 aromatic rings. The number of pyridine rings is 1. The van der Waals surface area contributed by atoms with Crippen molar-refractivity contribution in [3.05, 3.63) is 30.5 Å². The van der Waals surface area contributed by atoms with Crippen LogP contribution in [0.4, 0.5) is 22.1 Å². The average molecular weight is 503 g/mol. The van der Waals surface area contributed by atoms with Crippen LogP contribution in [0.25, 0.3) is 11.2 Å². The number of rotatable bonds is 10. The summed E-state index contributed by atoms with van der Waals surface area (Å²) < 4.78 is 22.0. The van der Waals surface area contributed by atoms with Crippen LogP contribution in [0.3, 0.4) is 0 Å². The van der Waals surface area contributed by atoms with Crippen LogP contribution in [0.5, 0.6) is 17.2 Å². The Bertz CT molecular complexity index is 1190. The summed E-state index contributed by atoms with van der Waals surface area (Å²) in [6.07, 6.45) is 1.58. The van der Waals surface area contributed by atoms with Crippen LogP contribution >= 0.6 is 12.8 Å². The first kappa shape index (κ1) is 25.6. The smallest absolute Gasteiger partial charge is 0.332 e. The molecule has 0 fully saturated rings. The van der Waals surface area contributed by atoms with Crippen molar-refractivity contribution in [2.45, 2.75) is 13.3 Å². The molecule has 35 heavy (non-hydrogen) atoms. The molecule has 0 aliphatic rings. The molecular formula is C22H26N6O6S. The number of nitrogens with zero attached hydrogens (tertiary/aromatic N) is 4. The van der Waals surface area contributed by atoms with Gasteiger partial charge in [0.2, 0.25) is 5.75 Å². The summed E-state index contributed by atoms with van der Waals surface area (Å²) >= 11 is 4.11. The number of ether oxygens (including phenoxy) is 4. The molecule has 2 heterocycles. The van der Waals surface area contributed by atoms with E-state index in [4.69, 9.17) is 18.9 Å². The third kappa shape index (κ3) is 6.53. The van der Waals surface area contributed by atoms with Gasteiger partial charge in [-0.1, -0.05) is 12.8 Å². The Labute approximate surface area is 207 Å². The Morgan fingerprint density at radius 1 is 1.03 bits per heavy atom. The van der Waals surface area contributed by atoms with Gasteiger partial charge in [0.25, 0.3) is 0 Å². The van der Waals surface area contributed by atoms with Crippen LogP contribution in [-0.4, -0.2) is 65.7 Å². The molecule has 2 amide bonds. The van der Waals surface area contributed by atoms with E-state index in [0.29, 0.717) is 39.9 Å². The third-order valence-electron chi connectivity index (χ3n) is 4.65. The summed E-state index contributed by atoms with van der Waals surface area (Å²) in [5.41, 5.74) is 1.46. The molecule has 0 radical (unpaired) electrons. The molecule has 12 nitrogen and oxygen atoms in total. The molecule has 0 bridgehead atoms. The summed E-state index contributed by atoms with van der Waals surface area (Å²) in [5.74, 6) is 1.67. The van der Waals surface area contributed by atoms with Crippen LogP contribution in [0.15, 0.2) is 30.5 Å². The number of urea groups is 1. The Balaban J connectivity index is 1.75. The lowest BCUT2D eigenvalue weighted by atomic mass is 10.2. The number of nitrogens with one attached hydrogen (secondary N) is 2. The highest BCUT2D eigenvalue weighted by Gasteiger charge is 2.15. The number of carbonyl (C=O) groups excluding carboxylic acids is 2. The Morgan fingerprint density at radius 3 is 2.34 bits per heavy atom. The highest BCUT2D eigenvalue weighted by atomic mass is 32.1. The predicted molar refractivity (Wildman–Crippen MR) is 133 cm³/mol. The molecular weight excluding hydrogens is 476 g/mol. The van der Waals surface area contributed by atoms with E-state index in [9.17, 15) is 9.59 Å². The molecule has 3 rings (SSSR count). The zero-order chi connectivity index (χ0) is 25.4. The predicted octanol–water partition coefficient (Wildman–Crippen LogP) is 3.43. The lowest BCUT2D eigenvalue weighted by molar-refractivity contribution is -0.143. The number of anilines is 3. The van der Waals surface area contributed by atoms with Gasteiger partial charge in [0.15, 0.2) is 23.0 Å². The zero-order valence-electron chi connectivity index (χ0n) is 19.7. The van der Waals surface area contributed by atoms with E-state index in [-0.39, 0.29) is 25.4 Å². The minimum Gasteiger partial charge on any atom is -0.493 e. The fraction of sp³-hybridized carbons (Fsp3) is 0.318. The van der Waals surface area contributed by atoms with E-state index < -0.39 is 12.0 Å². The normalized spacial score (nSPS) is 10.4. The standard InChI is InChI=1S/C22H26N6O6S/c1-5-34-19(29)8-9-28(35)22(30)27-17-7-6-14-21(25-17)26-18(12-23-14)24-13-10-15(31-2)20(33-4)16(11-13)32-3/h6-7,10-12,35H,5,8-9H2,1-4H3,(H2,24,25,26,27,30). The molecule has 0 spiro atoms. The second-order valence-corrected chi connectivity index (χ2v) is 7.42. The topological polar surface area (TPSA) is 137 Å².